The highest BCUT2D eigenvalue weighted by molar-refractivity contribution is 6.31. The number of hydrogen-bond donors (Lipinski definition) is 1. The van der Waals surface area contributed by atoms with E-state index in [4.69, 9.17) is 16.3 Å². The summed E-state index contributed by atoms with van der Waals surface area (Å²) in [5, 5.41) is 3.83. The van der Waals surface area contributed by atoms with Crippen LogP contribution in [0.3, 0.4) is 0 Å². The number of methoxy groups -OCH3 is 1. The number of amides is 1. The van der Waals surface area contributed by atoms with Gasteiger partial charge in [-0.1, -0.05) is 11.6 Å². The minimum absolute atomic E-state index is 0.101. The number of carbonyl (C=O) groups excluding carboxylic acids is 1. The van der Waals surface area contributed by atoms with Gasteiger partial charge >= 0.3 is 0 Å². The molecule has 0 atom stereocenters. The van der Waals surface area contributed by atoms with Crippen LogP contribution in [0.2, 0.25) is 5.02 Å². The van der Waals surface area contributed by atoms with Crippen LogP contribution >= 0.6 is 11.6 Å². The zero-order valence-electron chi connectivity index (χ0n) is 14.2. The third kappa shape index (κ3) is 4.11. The molecule has 1 saturated heterocycles. The summed E-state index contributed by atoms with van der Waals surface area (Å²) >= 11 is 6.06. The standard InChI is InChI=1S/C17H20ClN5O2/c1-12(24)22-7-9-23(10-8-22)17-19-6-5-16(21-17)20-14-11-13(18)3-4-15(14)25-2/h3-6,11H,7-10H2,1-2H3,(H,19,20,21). The van der Waals surface area contributed by atoms with Gasteiger partial charge in [0, 0.05) is 44.3 Å². The summed E-state index contributed by atoms with van der Waals surface area (Å²) in [7, 11) is 1.61. The zero-order chi connectivity index (χ0) is 17.8. The molecular weight excluding hydrogens is 342 g/mol. The number of hydrogen-bond acceptors (Lipinski definition) is 6. The number of piperazine rings is 1. The monoisotopic (exact) mass is 361 g/mol. The molecule has 0 aliphatic carbocycles. The first-order chi connectivity index (χ1) is 12.1. The average Bonchev–Trinajstić information content (AvgIpc) is 2.62. The van der Waals surface area contributed by atoms with Gasteiger partial charge in [0.2, 0.25) is 11.9 Å². The summed E-state index contributed by atoms with van der Waals surface area (Å²) in [4.78, 5) is 24.2. The smallest absolute Gasteiger partial charge is 0.227 e. The second-order valence-corrected chi connectivity index (χ2v) is 6.14. The van der Waals surface area contributed by atoms with Gasteiger partial charge in [0.1, 0.15) is 11.6 Å². The molecule has 8 heteroatoms. The summed E-state index contributed by atoms with van der Waals surface area (Å²) in [6.07, 6.45) is 1.71. The van der Waals surface area contributed by atoms with Crippen LogP contribution in [-0.2, 0) is 4.79 Å². The van der Waals surface area contributed by atoms with Crippen molar-refractivity contribution in [3.63, 3.8) is 0 Å². The van der Waals surface area contributed by atoms with E-state index in [9.17, 15) is 4.79 Å². The summed E-state index contributed by atoms with van der Waals surface area (Å²) in [5.41, 5.74) is 0.737. The van der Waals surface area contributed by atoms with E-state index in [0.29, 0.717) is 48.7 Å². The predicted molar refractivity (Wildman–Crippen MR) is 97.8 cm³/mol. The van der Waals surface area contributed by atoms with Crippen LogP contribution in [-0.4, -0.2) is 54.1 Å². The zero-order valence-corrected chi connectivity index (χ0v) is 15.0. The van der Waals surface area contributed by atoms with E-state index >= 15 is 0 Å². The molecule has 1 aliphatic heterocycles. The van der Waals surface area contributed by atoms with E-state index < -0.39 is 0 Å². The number of carbonyl (C=O) groups is 1. The molecule has 3 rings (SSSR count). The summed E-state index contributed by atoms with van der Waals surface area (Å²) in [6, 6.07) is 7.14. The second-order valence-electron chi connectivity index (χ2n) is 5.70. The molecule has 2 heterocycles. The first-order valence-corrected chi connectivity index (χ1v) is 8.38. The number of halogens is 1. The SMILES string of the molecule is COc1ccc(Cl)cc1Nc1ccnc(N2CCN(C(C)=O)CC2)n1. The van der Waals surface area contributed by atoms with Crippen LogP contribution < -0.4 is 15.0 Å². The molecule has 1 amide bonds. The maximum atomic E-state index is 11.4. The van der Waals surface area contributed by atoms with Crippen molar-refractivity contribution in [3.05, 3.63) is 35.5 Å². The van der Waals surface area contributed by atoms with Gasteiger partial charge < -0.3 is 19.9 Å². The molecule has 0 radical (unpaired) electrons. The van der Waals surface area contributed by atoms with E-state index in [1.165, 1.54) is 0 Å². The molecular formula is C17H20ClN5O2. The summed E-state index contributed by atoms with van der Waals surface area (Å²) in [6.45, 7) is 4.37. The molecule has 1 aliphatic rings. The summed E-state index contributed by atoms with van der Waals surface area (Å²) < 4.78 is 5.34. The highest BCUT2D eigenvalue weighted by Crippen LogP contribution is 2.30. The number of benzene rings is 1. The molecule has 2 aromatic rings. The van der Waals surface area contributed by atoms with Crippen molar-refractivity contribution >= 4 is 35.0 Å². The first-order valence-electron chi connectivity index (χ1n) is 8.01. The van der Waals surface area contributed by atoms with Crippen LogP contribution in [0.15, 0.2) is 30.5 Å². The lowest BCUT2D eigenvalue weighted by atomic mass is 10.3. The van der Waals surface area contributed by atoms with Crippen molar-refractivity contribution in [2.75, 3.05) is 43.5 Å². The fourth-order valence-corrected chi connectivity index (χ4v) is 2.88. The van der Waals surface area contributed by atoms with Crippen molar-refractivity contribution in [1.29, 1.82) is 0 Å². The predicted octanol–water partition coefficient (Wildman–Crippen LogP) is 2.55. The maximum absolute atomic E-state index is 11.4. The van der Waals surface area contributed by atoms with Crippen LogP contribution in [0.1, 0.15) is 6.92 Å². The van der Waals surface area contributed by atoms with Gasteiger partial charge in [-0.25, -0.2) is 4.98 Å². The minimum Gasteiger partial charge on any atom is -0.495 e. The third-order valence-electron chi connectivity index (χ3n) is 4.07. The van der Waals surface area contributed by atoms with Gasteiger partial charge in [-0.2, -0.15) is 4.98 Å². The lowest BCUT2D eigenvalue weighted by Crippen LogP contribution is -2.48. The Bertz CT molecular complexity index is 762. The third-order valence-corrected chi connectivity index (χ3v) is 4.31. The van der Waals surface area contributed by atoms with Gasteiger partial charge in [-0.3, -0.25) is 4.79 Å². The van der Waals surface area contributed by atoms with Crippen LogP contribution in [0.25, 0.3) is 0 Å². The molecule has 25 heavy (non-hydrogen) atoms. The number of aromatic nitrogens is 2. The van der Waals surface area contributed by atoms with Gasteiger partial charge in [0.05, 0.1) is 12.8 Å². The molecule has 7 nitrogen and oxygen atoms in total. The molecule has 1 aromatic heterocycles. The molecule has 0 bridgehead atoms. The molecule has 1 N–H and O–H groups in total. The Kier molecular flexibility index (Phi) is 5.23. The van der Waals surface area contributed by atoms with Crippen molar-refractivity contribution in [1.82, 2.24) is 14.9 Å². The molecule has 0 saturated carbocycles. The first kappa shape index (κ1) is 17.3. The van der Waals surface area contributed by atoms with E-state index in [0.717, 1.165) is 5.69 Å². The Hall–Kier alpha value is -2.54. The lowest BCUT2D eigenvalue weighted by molar-refractivity contribution is -0.129. The Morgan fingerprint density at radius 2 is 2.00 bits per heavy atom. The Morgan fingerprint density at radius 1 is 1.24 bits per heavy atom. The second kappa shape index (κ2) is 7.57. The highest BCUT2D eigenvalue weighted by atomic mass is 35.5. The van der Waals surface area contributed by atoms with Crippen molar-refractivity contribution in [2.45, 2.75) is 6.92 Å². The summed E-state index contributed by atoms with van der Waals surface area (Å²) in [5.74, 6) is 2.07. The van der Waals surface area contributed by atoms with Crippen molar-refractivity contribution in [3.8, 4) is 5.75 Å². The normalized spacial score (nSPS) is 14.4. The van der Waals surface area contributed by atoms with E-state index in [1.54, 1.807) is 44.5 Å². The quantitative estimate of drug-likeness (QED) is 0.902. The number of nitrogens with one attached hydrogen (secondary N) is 1. The van der Waals surface area contributed by atoms with Gasteiger partial charge in [0.15, 0.2) is 0 Å². The van der Waals surface area contributed by atoms with Crippen LogP contribution in [0.5, 0.6) is 5.75 Å². The molecule has 132 valence electrons. The van der Waals surface area contributed by atoms with Crippen LogP contribution in [0, 0.1) is 0 Å². The van der Waals surface area contributed by atoms with E-state index in [-0.39, 0.29) is 5.91 Å². The molecule has 1 fully saturated rings. The number of nitrogens with zero attached hydrogens (tertiary/aromatic N) is 4. The lowest BCUT2D eigenvalue weighted by Gasteiger charge is -2.34. The Balaban J connectivity index is 1.74. The van der Waals surface area contributed by atoms with Crippen molar-refractivity contribution < 1.29 is 9.53 Å². The number of ether oxygens (including phenoxy) is 1. The van der Waals surface area contributed by atoms with Crippen molar-refractivity contribution in [2.24, 2.45) is 0 Å². The fraction of sp³-hybridized carbons (Fsp3) is 0.353. The fourth-order valence-electron chi connectivity index (χ4n) is 2.71. The minimum atomic E-state index is 0.101. The van der Waals surface area contributed by atoms with Crippen LogP contribution in [0.4, 0.5) is 17.5 Å². The highest BCUT2D eigenvalue weighted by Gasteiger charge is 2.20. The number of rotatable bonds is 4. The Labute approximate surface area is 151 Å². The Morgan fingerprint density at radius 3 is 2.68 bits per heavy atom. The van der Waals surface area contributed by atoms with E-state index in [1.807, 2.05) is 4.90 Å². The van der Waals surface area contributed by atoms with Gasteiger partial charge in [-0.15, -0.1) is 0 Å². The average molecular weight is 362 g/mol. The topological polar surface area (TPSA) is 70.6 Å². The molecule has 0 unspecified atom stereocenters. The van der Waals surface area contributed by atoms with Gasteiger partial charge in [-0.05, 0) is 24.3 Å². The van der Waals surface area contributed by atoms with E-state index in [2.05, 4.69) is 20.2 Å². The molecule has 1 aromatic carbocycles. The largest absolute Gasteiger partial charge is 0.495 e. The molecule has 0 spiro atoms. The number of anilines is 3. The maximum Gasteiger partial charge on any atom is 0.227 e. The van der Waals surface area contributed by atoms with Gasteiger partial charge in [0.25, 0.3) is 0 Å².